The van der Waals surface area contributed by atoms with Gasteiger partial charge in [-0.25, -0.2) is 13.2 Å². The van der Waals surface area contributed by atoms with Gasteiger partial charge in [-0.15, -0.1) is 0 Å². The number of anilines is 1. The molecule has 0 saturated carbocycles. The fourth-order valence-corrected chi connectivity index (χ4v) is 4.02. The molecule has 22 heavy (non-hydrogen) atoms. The van der Waals surface area contributed by atoms with E-state index in [1.165, 1.54) is 24.3 Å². The van der Waals surface area contributed by atoms with Crippen LogP contribution in [0.3, 0.4) is 0 Å². The predicted octanol–water partition coefficient (Wildman–Crippen LogP) is 3.11. The van der Waals surface area contributed by atoms with Crippen LogP contribution in [0.4, 0.5) is 5.69 Å². The molecule has 0 spiro atoms. The molecule has 2 N–H and O–H groups in total. The fourth-order valence-electron chi connectivity index (χ4n) is 2.51. The number of sulfonamides is 1. The highest BCUT2D eigenvalue weighted by Gasteiger charge is 2.20. The van der Waals surface area contributed by atoms with E-state index < -0.39 is 16.0 Å². The molecule has 0 heterocycles. The molecule has 0 amide bonds. The lowest BCUT2D eigenvalue weighted by molar-refractivity contribution is 0.0697. The summed E-state index contributed by atoms with van der Waals surface area (Å²) in [6, 6.07) is 9.31. The molecule has 2 rings (SSSR count). The van der Waals surface area contributed by atoms with Crippen molar-refractivity contribution in [2.24, 2.45) is 0 Å². The zero-order valence-electron chi connectivity index (χ0n) is 12.5. The van der Waals surface area contributed by atoms with Gasteiger partial charge in [0.05, 0.1) is 10.5 Å². The summed E-state index contributed by atoms with van der Waals surface area (Å²) in [5.74, 6) is -1.11. The topological polar surface area (TPSA) is 83.5 Å². The monoisotopic (exact) mass is 319 g/mol. The Morgan fingerprint density at radius 1 is 1.05 bits per heavy atom. The van der Waals surface area contributed by atoms with Crippen LogP contribution in [0.15, 0.2) is 41.3 Å². The van der Waals surface area contributed by atoms with Crippen LogP contribution in [-0.2, 0) is 10.0 Å². The molecule has 0 atom stereocenters. The number of nitrogens with one attached hydrogen (secondary N) is 1. The number of carboxylic acids is 1. The molecule has 0 unspecified atom stereocenters. The number of benzene rings is 2. The number of carboxylic acid groups (broad SMARTS) is 1. The van der Waals surface area contributed by atoms with Gasteiger partial charge in [-0.2, -0.15) is 0 Å². The van der Waals surface area contributed by atoms with E-state index in [9.17, 15) is 13.2 Å². The third kappa shape index (κ3) is 3.28. The molecule has 0 fully saturated rings. The van der Waals surface area contributed by atoms with Crippen molar-refractivity contribution in [1.82, 2.24) is 0 Å². The summed E-state index contributed by atoms with van der Waals surface area (Å²) in [5, 5.41) is 8.97. The highest BCUT2D eigenvalue weighted by molar-refractivity contribution is 7.92. The molecule has 0 aliphatic heterocycles. The molecule has 0 aliphatic carbocycles. The maximum atomic E-state index is 12.6. The molecule has 0 aliphatic rings. The predicted molar refractivity (Wildman–Crippen MR) is 84.9 cm³/mol. The summed E-state index contributed by atoms with van der Waals surface area (Å²) in [5.41, 5.74) is 2.54. The second kappa shape index (κ2) is 5.81. The van der Waals surface area contributed by atoms with E-state index >= 15 is 0 Å². The van der Waals surface area contributed by atoms with E-state index in [0.29, 0.717) is 11.1 Å². The van der Waals surface area contributed by atoms with Crippen LogP contribution in [0.1, 0.15) is 27.0 Å². The van der Waals surface area contributed by atoms with Crippen molar-refractivity contribution in [3.8, 4) is 0 Å². The number of hydrogen-bond acceptors (Lipinski definition) is 3. The molecule has 0 saturated heterocycles. The Labute approximate surface area is 129 Å². The summed E-state index contributed by atoms with van der Waals surface area (Å²) in [6.07, 6.45) is 0. The van der Waals surface area contributed by atoms with Gasteiger partial charge < -0.3 is 5.11 Å². The molecular weight excluding hydrogens is 302 g/mol. The van der Waals surface area contributed by atoms with E-state index in [0.717, 1.165) is 5.56 Å². The Bertz CT molecular complexity index is 818. The van der Waals surface area contributed by atoms with Crippen molar-refractivity contribution >= 4 is 21.7 Å². The summed E-state index contributed by atoms with van der Waals surface area (Å²) in [4.78, 5) is 11.2. The highest BCUT2D eigenvalue weighted by atomic mass is 32.2. The first-order chi connectivity index (χ1) is 10.2. The Morgan fingerprint density at radius 2 is 1.64 bits per heavy atom. The number of carbonyl (C=O) groups is 1. The van der Waals surface area contributed by atoms with Crippen molar-refractivity contribution in [2.75, 3.05) is 4.72 Å². The lowest BCUT2D eigenvalue weighted by atomic mass is 10.1. The maximum absolute atomic E-state index is 12.6. The maximum Gasteiger partial charge on any atom is 0.335 e. The molecule has 0 radical (unpaired) electrons. The molecule has 6 heteroatoms. The molecule has 2 aromatic rings. The largest absolute Gasteiger partial charge is 0.478 e. The lowest BCUT2D eigenvalue weighted by Crippen LogP contribution is -2.16. The van der Waals surface area contributed by atoms with Crippen LogP contribution in [0.25, 0.3) is 0 Å². The number of rotatable bonds is 4. The van der Waals surface area contributed by atoms with Crippen LogP contribution < -0.4 is 4.72 Å². The number of aromatic carboxylic acids is 1. The molecule has 2 aromatic carbocycles. The van der Waals surface area contributed by atoms with E-state index in [4.69, 9.17) is 5.11 Å². The number of hydrogen-bond donors (Lipinski definition) is 2. The van der Waals surface area contributed by atoms with Gasteiger partial charge >= 0.3 is 5.97 Å². The molecular formula is C16H17NO4S. The van der Waals surface area contributed by atoms with Crippen molar-refractivity contribution in [2.45, 2.75) is 25.7 Å². The van der Waals surface area contributed by atoms with Crippen LogP contribution in [0, 0.1) is 20.8 Å². The van der Waals surface area contributed by atoms with Crippen LogP contribution in [-0.4, -0.2) is 19.5 Å². The summed E-state index contributed by atoms with van der Waals surface area (Å²) < 4.78 is 27.6. The fraction of sp³-hybridized carbons (Fsp3) is 0.188. The lowest BCUT2D eigenvalue weighted by Gasteiger charge is -2.14. The van der Waals surface area contributed by atoms with E-state index in [-0.39, 0.29) is 16.1 Å². The Morgan fingerprint density at radius 3 is 2.18 bits per heavy atom. The molecule has 0 aromatic heterocycles. The van der Waals surface area contributed by atoms with Crippen LogP contribution >= 0.6 is 0 Å². The van der Waals surface area contributed by atoms with Crippen LogP contribution in [0.2, 0.25) is 0 Å². The molecule has 5 nitrogen and oxygen atoms in total. The molecule has 0 bridgehead atoms. The van der Waals surface area contributed by atoms with Gasteiger partial charge in [-0.1, -0.05) is 23.8 Å². The smallest absolute Gasteiger partial charge is 0.335 e. The highest BCUT2D eigenvalue weighted by Crippen LogP contribution is 2.24. The van der Waals surface area contributed by atoms with Gasteiger partial charge in [0.15, 0.2) is 0 Å². The SMILES string of the molecule is Cc1cc(C)c(S(=O)(=O)Nc2cccc(C(=O)O)c2)c(C)c1. The summed E-state index contributed by atoms with van der Waals surface area (Å²) in [7, 11) is -3.78. The van der Waals surface area contributed by atoms with E-state index in [2.05, 4.69) is 4.72 Å². The third-order valence-corrected chi connectivity index (χ3v) is 4.92. The average Bonchev–Trinajstić information content (AvgIpc) is 2.36. The van der Waals surface area contributed by atoms with Crippen molar-refractivity contribution in [3.05, 3.63) is 58.7 Å². The normalized spacial score (nSPS) is 11.2. The first-order valence-corrected chi connectivity index (χ1v) is 8.13. The average molecular weight is 319 g/mol. The van der Waals surface area contributed by atoms with E-state index in [1.54, 1.807) is 26.0 Å². The van der Waals surface area contributed by atoms with Crippen molar-refractivity contribution in [3.63, 3.8) is 0 Å². The zero-order valence-corrected chi connectivity index (χ0v) is 13.4. The van der Waals surface area contributed by atoms with Gasteiger partial charge in [-0.05, 0) is 50.1 Å². The Hall–Kier alpha value is -2.34. The van der Waals surface area contributed by atoms with Gasteiger partial charge in [-0.3, -0.25) is 4.72 Å². The minimum Gasteiger partial charge on any atom is -0.478 e. The van der Waals surface area contributed by atoms with Gasteiger partial charge in [0.1, 0.15) is 0 Å². The minimum absolute atomic E-state index is 0.0255. The Balaban J connectivity index is 2.45. The van der Waals surface area contributed by atoms with Crippen molar-refractivity contribution < 1.29 is 18.3 Å². The summed E-state index contributed by atoms with van der Waals surface area (Å²) in [6.45, 7) is 5.38. The van der Waals surface area contributed by atoms with Gasteiger partial charge in [0.2, 0.25) is 0 Å². The van der Waals surface area contributed by atoms with Crippen LogP contribution in [0.5, 0.6) is 0 Å². The quantitative estimate of drug-likeness (QED) is 0.907. The second-order valence-corrected chi connectivity index (χ2v) is 6.84. The first-order valence-electron chi connectivity index (χ1n) is 6.65. The zero-order chi connectivity index (χ0) is 16.5. The van der Waals surface area contributed by atoms with E-state index in [1.807, 2.05) is 6.92 Å². The minimum atomic E-state index is -3.78. The standard InChI is InChI=1S/C16H17NO4S/c1-10-7-11(2)15(12(3)8-10)22(20,21)17-14-6-4-5-13(9-14)16(18)19/h4-9,17H,1-3H3,(H,18,19). The number of aryl methyl sites for hydroxylation is 3. The second-order valence-electron chi connectivity index (χ2n) is 5.22. The summed E-state index contributed by atoms with van der Waals surface area (Å²) >= 11 is 0. The third-order valence-electron chi connectivity index (χ3n) is 3.24. The Kier molecular flexibility index (Phi) is 4.23. The van der Waals surface area contributed by atoms with Gasteiger partial charge in [0, 0.05) is 5.69 Å². The van der Waals surface area contributed by atoms with Crippen molar-refractivity contribution in [1.29, 1.82) is 0 Å². The first kappa shape index (κ1) is 16.0. The van der Waals surface area contributed by atoms with Gasteiger partial charge in [0.25, 0.3) is 10.0 Å². The molecule has 116 valence electrons.